The third-order valence-electron chi connectivity index (χ3n) is 8.40. The van der Waals surface area contributed by atoms with Crippen molar-refractivity contribution >= 4 is 11.6 Å². The lowest BCUT2D eigenvalue weighted by atomic mass is 9.45. The minimum atomic E-state index is -0.596. The zero-order valence-electron chi connectivity index (χ0n) is 15.5. The van der Waals surface area contributed by atoms with Gasteiger partial charge in [-0.25, -0.2) is 0 Å². The highest BCUT2D eigenvalue weighted by molar-refractivity contribution is 5.92. The summed E-state index contributed by atoms with van der Waals surface area (Å²) in [5, 5.41) is 22.0. The Morgan fingerprint density at radius 3 is 2.64 bits per heavy atom. The molecule has 4 nitrogen and oxygen atoms in total. The molecule has 0 bridgehead atoms. The highest BCUT2D eigenvalue weighted by atomic mass is 16.3. The minimum Gasteiger partial charge on any atom is -0.393 e. The minimum absolute atomic E-state index is 0.0305. The molecule has 3 saturated carbocycles. The van der Waals surface area contributed by atoms with Gasteiger partial charge in [-0.05, 0) is 79.3 Å². The first-order chi connectivity index (χ1) is 11.7. The average Bonchev–Trinajstić information content (AvgIpc) is 2.85. The van der Waals surface area contributed by atoms with Crippen molar-refractivity contribution in [3.05, 3.63) is 11.6 Å². The molecule has 0 aromatic carbocycles. The summed E-state index contributed by atoms with van der Waals surface area (Å²) in [4.78, 5) is 24.1. The van der Waals surface area contributed by atoms with Crippen LogP contribution >= 0.6 is 0 Å². The fraction of sp³-hybridized carbons (Fsp3) is 0.810. The number of carbonyl (C=O) groups is 2. The maximum atomic E-state index is 12.2. The molecule has 3 fully saturated rings. The van der Waals surface area contributed by atoms with Crippen LogP contribution in [0.5, 0.6) is 0 Å². The van der Waals surface area contributed by atoms with Gasteiger partial charge in [-0.1, -0.05) is 13.8 Å². The van der Waals surface area contributed by atoms with Gasteiger partial charge in [0, 0.05) is 12.3 Å². The molecule has 2 N–H and O–H groups in total. The van der Waals surface area contributed by atoms with Crippen LogP contribution in [0.15, 0.2) is 11.6 Å². The van der Waals surface area contributed by atoms with Gasteiger partial charge in [0.25, 0.3) is 0 Å². The van der Waals surface area contributed by atoms with E-state index in [4.69, 9.17) is 0 Å². The van der Waals surface area contributed by atoms with Crippen LogP contribution in [0.1, 0.15) is 59.3 Å². The summed E-state index contributed by atoms with van der Waals surface area (Å²) in [5.74, 6) is 1.05. The van der Waals surface area contributed by atoms with Gasteiger partial charge in [-0.2, -0.15) is 0 Å². The molecule has 8 atom stereocenters. The van der Waals surface area contributed by atoms with E-state index in [-0.39, 0.29) is 40.2 Å². The molecule has 0 spiro atoms. The second-order valence-electron chi connectivity index (χ2n) is 9.55. The average molecular weight is 346 g/mol. The van der Waals surface area contributed by atoms with Gasteiger partial charge in [-0.15, -0.1) is 0 Å². The summed E-state index contributed by atoms with van der Waals surface area (Å²) in [5.41, 5.74) is 0.383. The second kappa shape index (κ2) is 5.50. The van der Waals surface area contributed by atoms with E-state index in [1.54, 1.807) is 13.0 Å². The fourth-order valence-corrected chi connectivity index (χ4v) is 7.41. The predicted octanol–water partition coefficient (Wildman–Crippen LogP) is 2.67. The van der Waals surface area contributed by atoms with Crippen LogP contribution < -0.4 is 0 Å². The van der Waals surface area contributed by atoms with E-state index in [1.165, 1.54) is 0 Å². The summed E-state index contributed by atoms with van der Waals surface area (Å²) in [7, 11) is 0. The Labute approximate surface area is 149 Å². The highest BCUT2D eigenvalue weighted by Crippen LogP contribution is 2.66. The molecule has 0 aromatic rings. The van der Waals surface area contributed by atoms with Crippen molar-refractivity contribution in [1.82, 2.24) is 0 Å². The summed E-state index contributed by atoms with van der Waals surface area (Å²) >= 11 is 0. The van der Waals surface area contributed by atoms with Gasteiger partial charge in [-0.3, -0.25) is 9.59 Å². The van der Waals surface area contributed by atoms with Crippen LogP contribution in [0, 0.1) is 34.5 Å². The normalized spacial score (nSPS) is 52.0. The first-order valence-corrected chi connectivity index (χ1v) is 9.80. The van der Waals surface area contributed by atoms with E-state index < -0.39 is 12.2 Å². The number of ketones is 2. The maximum Gasteiger partial charge on any atom is 0.155 e. The van der Waals surface area contributed by atoms with Gasteiger partial charge in [0.2, 0.25) is 0 Å². The number of aliphatic hydroxyl groups is 2. The number of Topliss-reactive ketones (excluding diaryl/α,β-unsaturated/α-hetero) is 1. The highest BCUT2D eigenvalue weighted by Gasteiger charge is 2.63. The Kier molecular flexibility index (Phi) is 3.83. The van der Waals surface area contributed by atoms with Crippen LogP contribution in [-0.4, -0.2) is 34.0 Å². The fourth-order valence-electron chi connectivity index (χ4n) is 7.41. The molecule has 25 heavy (non-hydrogen) atoms. The van der Waals surface area contributed by atoms with Crippen LogP contribution in [-0.2, 0) is 9.59 Å². The first-order valence-electron chi connectivity index (χ1n) is 9.80. The molecule has 4 rings (SSSR count). The largest absolute Gasteiger partial charge is 0.393 e. The lowest BCUT2D eigenvalue weighted by Crippen LogP contribution is -2.59. The first kappa shape index (κ1) is 17.4. The molecular formula is C21H30O4. The van der Waals surface area contributed by atoms with Crippen molar-refractivity contribution in [2.24, 2.45) is 34.5 Å². The van der Waals surface area contributed by atoms with E-state index in [9.17, 15) is 19.8 Å². The van der Waals surface area contributed by atoms with Crippen molar-refractivity contribution in [3.8, 4) is 0 Å². The zero-order valence-corrected chi connectivity index (χ0v) is 15.5. The van der Waals surface area contributed by atoms with Gasteiger partial charge in [0.05, 0.1) is 12.2 Å². The Bertz CT molecular complexity index is 652. The number of hydrogen-bond donors (Lipinski definition) is 2. The molecule has 0 heterocycles. The standard InChI is InChI=1S/C21H30O4/c1-11(22)14-4-5-15-13-9-17(24)16-8-12(23)6-7-20(16,2)19(13)18(25)10-21(14,15)3/h8,13-15,17-19,24-25H,4-7,9-10H2,1-3H3/t13-,14+,15-,17-,18+,19+,20-,21+/m0/s1. The Morgan fingerprint density at radius 2 is 1.96 bits per heavy atom. The van der Waals surface area contributed by atoms with Crippen molar-refractivity contribution in [1.29, 1.82) is 0 Å². The van der Waals surface area contributed by atoms with Gasteiger partial charge < -0.3 is 10.2 Å². The molecular weight excluding hydrogens is 316 g/mol. The van der Waals surface area contributed by atoms with Crippen LogP contribution in [0.3, 0.4) is 0 Å². The van der Waals surface area contributed by atoms with E-state index in [2.05, 4.69) is 13.8 Å². The molecule has 0 saturated heterocycles. The van der Waals surface area contributed by atoms with E-state index in [1.807, 2.05) is 0 Å². The van der Waals surface area contributed by atoms with Crippen LogP contribution in [0.2, 0.25) is 0 Å². The van der Waals surface area contributed by atoms with Crippen molar-refractivity contribution in [2.45, 2.75) is 71.5 Å². The summed E-state index contributed by atoms with van der Waals surface area (Å²) in [6.07, 6.45) is 4.99. The van der Waals surface area contributed by atoms with Gasteiger partial charge in [0.15, 0.2) is 5.78 Å². The second-order valence-corrected chi connectivity index (χ2v) is 9.55. The molecule has 0 unspecified atom stereocenters. The molecule has 0 amide bonds. The SMILES string of the molecule is CC(=O)[C@H]1CC[C@H]2[C@@H]3C[C@H](O)C4=CC(=O)CC[C@]4(C)[C@H]3[C@H](O)C[C@]12C. The van der Waals surface area contributed by atoms with Crippen molar-refractivity contribution < 1.29 is 19.8 Å². The van der Waals surface area contributed by atoms with Crippen molar-refractivity contribution in [2.75, 3.05) is 0 Å². The number of fused-ring (bicyclic) bond motifs is 5. The van der Waals surface area contributed by atoms with Gasteiger partial charge in [0.1, 0.15) is 5.78 Å². The van der Waals surface area contributed by atoms with Crippen LogP contribution in [0.25, 0.3) is 0 Å². The van der Waals surface area contributed by atoms with E-state index in [0.29, 0.717) is 31.6 Å². The monoisotopic (exact) mass is 346 g/mol. The Balaban J connectivity index is 1.76. The number of carbonyl (C=O) groups excluding carboxylic acids is 2. The lowest BCUT2D eigenvalue weighted by molar-refractivity contribution is -0.152. The van der Waals surface area contributed by atoms with Crippen molar-refractivity contribution in [3.63, 3.8) is 0 Å². The lowest BCUT2D eigenvalue weighted by Gasteiger charge is -2.60. The third-order valence-corrected chi connectivity index (χ3v) is 8.40. The third kappa shape index (κ3) is 2.26. The van der Waals surface area contributed by atoms with E-state index in [0.717, 1.165) is 18.4 Å². The van der Waals surface area contributed by atoms with Crippen LogP contribution in [0.4, 0.5) is 0 Å². The topological polar surface area (TPSA) is 74.6 Å². The molecule has 4 aliphatic carbocycles. The predicted molar refractivity (Wildman–Crippen MR) is 93.7 cm³/mol. The Hall–Kier alpha value is -1.00. The number of hydrogen-bond acceptors (Lipinski definition) is 4. The molecule has 0 aliphatic heterocycles. The van der Waals surface area contributed by atoms with E-state index >= 15 is 0 Å². The maximum absolute atomic E-state index is 12.2. The molecule has 0 radical (unpaired) electrons. The zero-order chi connectivity index (χ0) is 18.1. The summed E-state index contributed by atoms with van der Waals surface area (Å²) in [6, 6.07) is 0. The molecule has 138 valence electrons. The summed E-state index contributed by atoms with van der Waals surface area (Å²) < 4.78 is 0. The van der Waals surface area contributed by atoms with Gasteiger partial charge >= 0.3 is 0 Å². The molecule has 4 heteroatoms. The molecule has 4 aliphatic rings. The number of rotatable bonds is 1. The smallest absolute Gasteiger partial charge is 0.155 e. The number of aliphatic hydroxyl groups excluding tert-OH is 2. The Morgan fingerprint density at radius 1 is 1.24 bits per heavy atom. The quantitative estimate of drug-likeness (QED) is 0.765. The summed E-state index contributed by atoms with van der Waals surface area (Å²) in [6.45, 7) is 6.00. The molecule has 0 aromatic heterocycles.